The second kappa shape index (κ2) is 2.99. The van der Waals surface area contributed by atoms with Crippen LogP contribution in [0.2, 0.25) is 0 Å². The summed E-state index contributed by atoms with van der Waals surface area (Å²) in [7, 11) is 0. The number of hydrogen-bond acceptors (Lipinski definition) is 1. The van der Waals surface area contributed by atoms with Crippen LogP contribution in [0.1, 0.15) is 5.56 Å². The number of carbonyl (C=O) groups is 1. The van der Waals surface area contributed by atoms with E-state index in [4.69, 9.17) is 0 Å². The fourth-order valence-electron chi connectivity index (χ4n) is 1.21. The number of carbonyl (C=O) groups excluding carboxylic acids is 1. The first-order valence-electron chi connectivity index (χ1n) is 3.70. The number of halogens is 2. The van der Waals surface area contributed by atoms with Gasteiger partial charge in [0.1, 0.15) is 5.82 Å². The molecule has 1 aromatic carbocycles. The number of rotatable bonds is 0. The molecule has 2 N–H and O–H groups in total. The zero-order chi connectivity index (χ0) is 9.42. The first kappa shape index (κ1) is 8.50. The van der Waals surface area contributed by atoms with E-state index in [-0.39, 0.29) is 11.8 Å². The molecular weight excluding hydrogens is 239 g/mol. The molecule has 0 aliphatic carbocycles. The van der Waals surface area contributed by atoms with E-state index in [1.54, 1.807) is 6.07 Å². The number of nitrogens with one attached hydrogen (secondary N) is 2. The first-order chi connectivity index (χ1) is 6.18. The molecule has 0 unspecified atom stereocenters. The lowest BCUT2D eigenvalue weighted by molar-refractivity contribution is 0.251. The Labute approximate surface area is 82.4 Å². The normalized spacial score (nSPS) is 14.5. The summed E-state index contributed by atoms with van der Waals surface area (Å²) in [4.78, 5) is 10.9. The molecule has 1 aliphatic heterocycles. The molecule has 2 rings (SSSR count). The van der Waals surface area contributed by atoms with Crippen LogP contribution < -0.4 is 10.6 Å². The highest BCUT2D eigenvalue weighted by Crippen LogP contribution is 2.30. The quantitative estimate of drug-likeness (QED) is 0.722. The molecule has 0 atom stereocenters. The monoisotopic (exact) mass is 244 g/mol. The molecule has 1 heterocycles. The summed E-state index contributed by atoms with van der Waals surface area (Å²) < 4.78 is 13.3. The predicted molar refractivity (Wildman–Crippen MR) is 50.0 cm³/mol. The maximum atomic E-state index is 13.0. The van der Waals surface area contributed by atoms with Gasteiger partial charge in [0.25, 0.3) is 0 Å². The summed E-state index contributed by atoms with van der Waals surface area (Å²) in [6, 6.07) is 2.70. The Bertz CT molecular complexity index is 381. The van der Waals surface area contributed by atoms with E-state index in [1.165, 1.54) is 6.07 Å². The van der Waals surface area contributed by atoms with Gasteiger partial charge in [-0.2, -0.15) is 0 Å². The van der Waals surface area contributed by atoms with Crippen molar-refractivity contribution in [1.82, 2.24) is 5.32 Å². The van der Waals surface area contributed by atoms with Crippen LogP contribution in [0, 0.1) is 5.82 Å². The molecule has 0 fully saturated rings. The summed E-state index contributed by atoms with van der Waals surface area (Å²) >= 11 is 3.08. The third kappa shape index (κ3) is 1.39. The molecule has 2 amide bonds. The van der Waals surface area contributed by atoms with E-state index in [1.807, 2.05) is 0 Å². The van der Waals surface area contributed by atoms with Gasteiger partial charge >= 0.3 is 6.03 Å². The molecule has 1 aliphatic rings. The average molecular weight is 245 g/mol. The molecule has 0 saturated heterocycles. The van der Waals surface area contributed by atoms with E-state index < -0.39 is 0 Å². The van der Waals surface area contributed by atoms with Gasteiger partial charge in [0.2, 0.25) is 0 Å². The van der Waals surface area contributed by atoms with Crippen LogP contribution in [0.3, 0.4) is 0 Å². The predicted octanol–water partition coefficient (Wildman–Crippen LogP) is 2.22. The smallest absolute Gasteiger partial charge is 0.319 e. The second-order valence-corrected chi connectivity index (χ2v) is 3.50. The number of anilines is 1. The maximum Gasteiger partial charge on any atom is 0.319 e. The van der Waals surface area contributed by atoms with Gasteiger partial charge in [0.05, 0.1) is 10.2 Å². The SMILES string of the molecule is O=C1NCc2ccc(F)c(Br)c2N1. The first-order valence-corrected chi connectivity index (χ1v) is 4.49. The number of urea groups is 1. The molecule has 3 nitrogen and oxygen atoms in total. The van der Waals surface area contributed by atoms with Crippen molar-refractivity contribution in [3.8, 4) is 0 Å². The fraction of sp³-hybridized carbons (Fsp3) is 0.125. The van der Waals surface area contributed by atoms with E-state index in [2.05, 4.69) is 26.6 Å². The fourth-order valence-corrected chi connectivity index (χ4v) is 1.69. The van der Waals surface area contributed by atoms with Crippen LogP contribution in [0.15, 0.2) is 16.6 Å². The Morgan fingerprint density at radius 2 is 2.23 bits per heavy atom. The van der Waals surface area contributed by atoms with E-state index in [0.29, 0.717) is 16.7 Å². The van der Waals surface area contributed by atoms with Gasteiger partial charge in [-0.1, -0.05) is 6.07 Å². The van der Waals surface area contributed by atoms with Gasteiger partial charge in [0.15, 0.2) is 0 Å². The topological polar surface area (TPSA) is 41.1 Å². The highest BCUT2D eigenvalue weighted by atomic mass is 79.9. The zero-order valence-electron chi connectivity index (χ0n) is 6.53. The molecule has 0 bridgehead atoms. The van der Waals surface area contributed by atoms with Crippen LogP contribution in [-0.2, 0) is 6.54 Å². The number of hydrogen-bond donors (Lipinski definition) is 2. The largest absolute Gasteiger partial charge is 0.334 e. The van der Waals surface area contributed by atoms with Crippen molar-refractivity contribution in [3.63, 3.8) is 0 Å². The molecule has 0 aromatic heterocycles. The Balaban J connectivity index is 2.54. The Kier molecular flexibility index (Phi) is 1.95. The highest BCUT2D eigenvalue weighted by Gasteiger charge is 2.18. The van der Waals surface area contributed by atoms with E-state index in [9.17, 15) is 9.18 Å². The third-order valence-corrected chi connectivity index (χ3v) is 2.63. The Hall–Kier alpha value is -1.10. The molecule has 13 heavy (non-hydrogen) atoms. The van der Waals surface area contributed by atoms with Gasteiger partial charge in [-0.05, 0) is 27.6 Å². The lowest BCUT2D eigenvalue weighted by Crippen LogP contribution is -2.33. The minimum absolute atomic E-state index is 0.305. The van der Waals surface area contributed by atoms with Gasteiger partial charge in [-0.3, -0.25) is 0 Å². The summed E-state index contributed by atoms with van der Waals surface area (Å²) in [5, 5.41) is 5.12. The molecule has 0 spiro atoms. The van der Waals surface area contributed by atoms with E-state index >= 15 is 0 Å². The van der Waals surface area contributed by atoms with Crippen LogP contribution in [0.25, 0.3) is 0 Å². The minimum atomic E-state index is -0.374. The molecule has 0 saturated carbocycles. The van der Waals surface area contributed by atoms with Crippen molar-refractivity contribution >= 4 is 27.6 Å². The van der Waals surface area contributed by atoms with E-state index in [0.717, 1.165) is 5.56 Å². The highest BCUT2D eigenvalue weighted by molar-refractivity contribution is 9.10. The van der Waals surface area contributed by atoms with Gasteiger partial charge in [-0.25, -0.2) is 9.18 Å². The maximum absolute atomic E-state index is 13.0. The van der Waals surface area contributed by atoms with Crippen LogP contribution in [0.5, 0.6) is 0 Å². The van der Waals surface area contributed by atoms with Crippen LogP contribution >= 0.6 is 15.9 Å². The third-order valence-electron chi connectivity index (χ3n) is 1.86. The second-order valence-electron chi connectivity index (χ2n) is 2.70. The molecule has 68 valence electrons. The lowest BCUT2D eigenvalue weighted by atomic mass is 10.1. The Morgan fingerprint density at radius 3 is 3.00 bits per heavy atom. The van der Waals surface area contributed by atoms with Crippen molar-refractivity contribution in [2.45, 2.75) is 6.54 Å². The van der Waals surface area contributed by atoms with Crippen LogP contribution in [0.4, 0.5) is 14.9 Å². The molecule has 5 heteroatoms. The number of amides is 2. The number of fused-ring (bicyclic) bond motifs is 1. The lowest BCUT2D eigenvalue weighted by Gasteiger charge is -2.19. The minimum Gasteiger partial charge on any atom is -0.334 e. The van der Waals surface area contributed by atoms with Crippen molar-refractivity contribution in [2.75, 3.05) is 5.32 Å². The number of benzene rings is 1. The molecular formula is C8H6BrFN2O. The van der Waals surface area contributed by atoms with Crippen molar-refractivity contribution in [2.24, 2.45) is 0 Å². The molecule has 1 aromatic rings. The van der Waals surface area contributed by atoms with Gasteiger partial charge < -0.3 is 10.6 Å². The van der Waals surface area contributed by atoms with Crippen LogP contribution in [-0.4, -0.2) is 6.03 Å². The summed E-state index contributed by atoms with van der Waals surface area (Å²) in [5.41, 5.74) is 1.39. The zero-order valence-corrected chi connectivity index (χ0v) is 8.11. The summed E-state index contributed by atoms with van der Waals surface area (Å²) in [5.74, 6) is -0.374. The molecule has 0 radical (unpaired) electrons. The average Bonchev–Trinajstić information content (AvgIpc) is 2.12. The van der Waals surface area contributed by atoms with Crippen molar-refractivity contribution < 1.29 is 9.18 Å². The summed E-state index contributed by atoms with van der Waals surface area (Å²) in [6.07, 6.45) is 0. The Morgan fingerprint density at radius 1 is 1.46 bits per heavy atom. The summed E-state index contributed by atoms with van der Waals surface area (Å²) in [6.45, 7) is 0.431. The van der Waals surface area contributed by atoms with Gasteiger partial charge in [-0.15, -0.1) is 0 Å². The standard InChI is InChI=1S/C8H6BrFN2O/c9-6-5(10)2-1-4-3-11-8(13)12-7(4)6/h1-2H,3H2,(H2,11,12,13). The van der Waals surface area contributed by atoms with Crippen molar-refractivity contribution in [1.29, 1.82) is 0 Å². The van der Waals surface area contributed by atoms with Crippen molar-refractivity contribution in [3.05, 3.63) is 28.0 Å². The van der Waals surface area contributed by atoms with Gasteiger partial charge in [0, 0.05) is 6.54 Å².